The van der Waals surface area contributed by atoms with Crippen LogP contribution in [0.1, 0.15) is 40.7 Å². The molecule has 5 amide bonds. The normalized spacial score (nSPS) is 16.1. The van der Waals surface area contributed by atoms with Gasteiger partial charge < -0.3 is 51.8 Å². The number of nitrogens with two attached hydrogens (primary N) is 2. The Hall–Kier alpha value is -6.98. The predicted octanol–water partition coefficient (Wildman–Crippen LogP) is 5.59. The van der Waals surface area contributed by atoms with Gasteiger partial charge in [-0.05, 0) is 76.1 Å². The van der Waals surface area contributed by atoms with E-state index in [1.165, 1.54) is 16.8 Å². The SMILES string of the molecule is CN1C(=O)[C@H](CCCN(Cc2ccccc2)C(=O)O)NC(=O)[C@@H](NC(=O)OCc2ccccc2)Cc2cc(ccc2OCc2ccccc2)-c2ccc(Cl)c(c2)C[C@H]1C(=O)NCCN(CCN)CCN. The lowest BCUT2D eigenvalue weighted by Gasteiger charge is -2.32. The summed E-state index contributed by atoms with van der Waals surface area (Å²) in [6.45, 7) is 2.90. The summed E-state index contributed by atoms with van der Waals surface area (Å²) < 4.78 is 12.0. The van der Waals surface area contributed by atoms with Crippen LogP contribution in [0.4, 0.5) is 9.59 Å². The number of carbonyl (C=O) groups excluding carboxylic acids is 4. The fourth-order valence-corrected chi connectivity index (χ4v) is 8.47. The highest BCUT2D eigenvalue weighted by Gasteiger charge is 2.35. The van der Waals surface area contributed by atoms with Crippen LogP contribution in [0.2, 0.25) is 5.02 Å². The lowest BCUT2D eigenvalue weighted by Crippen LogP contribution is -2.58. The molecule has 17 heteroatoms. The molecule has 0 saturated heterocycles. The monoisotopic (exact) mass is 974 g/mol. The molecule has 70 heavy (non-hydrogen) atoms. The van der Waals surface area contributed by atoms with Crippen molar-refractivity contribution in [3.05, 3.63) is 160 Å². The van der Waals surface area contributed by atoms with Gasteiger partial charge in [-0.1, -0.05) is 115 Å². The molecule has 1 heterocycles. The fraction of sp³-hybridized carbons (Fsp3) is 0.340. The van der Waals surface area contributed by atoms with E-state index in [9.17, 15) is 24.3 Å². The zero-order valence-corrected chi connectivity index (χ0v) is 40.2. The maximum atomic E-state index is 15.0. The second-order valence-electron chi connectivity index (χ2n) is 17.1. The highest BCUT2D eigenvalue weighted by molar-refractivity contribution is 6.31. The van der Waals surface area contributed by atoms with E-state index in [4.69, 9.17) is 32.5 Å². The highest BCUT2D eigenvalue weighted by Crippen LogP contribution is 2.32. The molecule has 0 spiro atoms. The summed E-state index contributed by atoms with van der Waals surface area (Å²) in [5.41, 5.74) is 16.7. The number of nitrogens with one attached hydrogen (secondary N) is 3. The first kappa shape index (κ1) is 52.4. The number of alkyl carbamates (subject to hydrolysis) is 1. The molecule has 0 unspecified atom stereocenters. The van der Waals surface area contributed by atoms with Gasteiger partial charge in [-0.3, -0.25) is 19.3 Å². The van der Waals surface area contributed by atoms with Crippen molar-refractivity contribution < 1.29 is 38.6 Å². The Kier molecular flexibility index (Phi) is 20.0. The van der Waals surface area contributed by atoms with E-state index in [1.807, 2.05) is 108 Å². The Morgan fingerprint density at radius 3 is 2.00 bits per heavy atom. The molecule has 0 radical (unpaired) electrons. The minimum atomic E-state index is -1.32. The van der Waals surface area contributed by atoms with E-state index in [0.29, 0.717) is 54.6 Å². The summed E-state index contributed by atoms with van der Waals surface area (Å²) in [6, 6.07) is 35.1. The average Bonchev–Trinajstić information content (AvgIpc) is 3.36. The van der Waals surface area contributed by atoms with Crippen molar-refractivity contribution in [3.8, 4) is 16.9 Å². The minimum Gasteiger partial charge on any atom is -0.489 e. The maximum absolute atomic E-state index is 15.0. The third-order valence-corrected chi connectivity index (χ3v) is 12.5. The predicted molar refractivity (Wildman–Crippen MR) is 269 cm³/mol. The van der Waals surface area contributed by atoms with Crippen molar-refractivity contribution in [1.82, 2.24) is 30.7 Å². The number of halogens is 1. The first-order valence-electron chi connectivity index (χ1n) is 23.5. The van der Waals surface area contributed by atoms with Crippen LogP contribution < -0.4 is 32.2 Å². The standard InChI is InChI=1S/C53H63ClN8O8/c1-60-47(50(64)57-25-29-61(27-23-55)28-24-56)33-42-30-40(19-21-44(42)54)41-20-22-48(69-35-38-14-7-3-8-15-38)43(31-41)32-46(59-52(66)70-36-39-16-9-4-10-17-39)49(63)58-45(51(60)65)18-11-26-62(53(67)68)34-37-12-5-2-6-13-37/h2-10,12-17,19-22,30-31,45-47H,11,18,23-29,32-36,55-56H2,1H3,(H,57,64)(H,58,63)(H,59,66)(H,67,68)/t45-,46-,47-/m0/s1. The summed E-state index contributed by atoms with van der Waals surface area (Å²) in [7, 11) is 1.49. The van der Waals surface area contributed by atoms with Gasteiger partial charge in [0.25, 0.3) is 0 Å². The molecular weight excluding hydrogens is 912 g/mol. The van der Waals surface area contributed by atoms with Gasteiger partial charge in [0.15, 0.2) is 0 Å². The Morgan fingerprint density at radius 1 is 0.771 bits per heavy atom. The van der Waals surface area contributed by atoms with Gasteiger partial charge >= 0.3 is 12.2 Å². The van der Waals surface area contributed by atoms with Crippen LogP contribution in [0.25, 0.3) is 11.1 Å². The van der Waals surface area contributed by atoms with Gasteiger partial charge in [-0.2, -0.15) is 0 Å². The zero-order chi connectivity index (χ0) is 49.8. The average molecular weight is 976 g/mol. The van der Waals surface area contributed by atoms with Gasteiger partial charge in [-0.25, -0.2) is 9.59 Å². The molecule has 0 saturated carbocycles. The molecule has 4 bridgehead atoms. The number of ether oxygens (including phenoxy) is 2. The van der Waals surface area contributed by atoms with Crippen LogP contribution in [0.15, 0.2) is 127 Å². The molecule has 0 aromatic heterocycles. The van der Waals surface area contributed by atoms with E-state index in [1.54, 1.807) is 24.3 Å². The first-order chi connectivity index (χ1) is 33.9. The number of hydrogen-bond acceptors (Lipinski definition) is 10. The van der Waals surface area contributed by atoms with Crippen LogP contribution >= 0.6 is 11.6 Å². The maximum Gasteiger partial charge on any atom is 0.408 e. The zero-order valence-electron chi connectivity index (χ0n) is 39.4. The van der Waals surface area contributed by atoms with Gasteiger partial charge in [0, 0.05) is 77.3 Å². The molecule has 1 aliphatic rings. The Labute approximate surface area is 414 Å². The summed E-state index contributed by atoms with van der Waals surface area (Å²) in [6.07, 6.45) is -2.01. The number of likely N-dealkylation sites (N-methyl/N-ethyl adjacent to an activating group) is 1. The van der Waals surface area contributed by atoms with Crippen LogP contribution in [0.3, 0.4) is 0 Å². The van der Waals surface area contributed by atoms with Crippen molar-refractivity contribution in [3.63, 3.8) is 0 Å². The van der Waals surface area contributed by atoms with Gasteiger partial charge in [0.05, 0.1) is 0 Å². The fourth-order valence-electron chi connectivity index (χ4n) is 8.27. The molecule has 3 atom stereocenters. The number of hydrogen-bond donors (Lipinski definition) is 6. The third kappa shape index (κ3) is 15.5. The van der Waals surface area contributed by atoms with Gasteiger partial charge in [0.1, 0.15) is 37.1 Å². The summed E-state index contributed by atoms with van der Waals surface area (Å²) in [4.78, 5) is 75.0. The Balaban J connectivity index is 1.39. The van der Waals surface area contributed by atoms with E-state index in [-0.39, 0.29) is 58.5 Å². The Bertz CT molecular complexity index is 2500. The quantitative estimate of drug-likeness (QED) is 0.0565. The Morgan fingerprint density at radius 2 is 1.37 bits per heavy atom. The number of nitrogens with zero attached hydrogens (tertiary/aromatic N) is 3. The number of benzene rings is 5. The number of carbonyl (C=O) groups is 5. The lowest BCUT2D eigenvalue weighted by atomic mass is 9.95. The van der Waals surface area contributed by atoms with E-state index < -0.39 is 48.0 Å². The number of fused-ring (bicyclic) bond motifs is 5. The van der Waals surface area contributed by atoms with E-state index in [2.05, 4.69) is 16.0 Å². The van der Waals surface area contributed by atoms with Crippen LogP contribution in [-0.2, 0) is 51.7 Å². The molecule has 16 nitrogen and oxygen atoms in total. The second kappa shape index (κ2) is 26.7. The van der Waals surface area contributed by atoms with Crippen molar-refractivity contribution in [1.29, 1.82) is 0 Å². The molecular formula is C53H63ClN8O8. The minimum absolute atomic E-state index is 0.00313. The molecule has 6 rings (SSSR count). The van der Waals surface area contributed by atoms with Gasteiger partial charge in [-0.15, -0.1) is 0 Å². The van der Waals surface area contributed by atoms with E-state index >= 15 is 4.79 Å². The molecule has 5 aromatic rings. The third-order valence-electron chi connectivity index (χ3n) is 12.1. The number of amides is 5. The van der Waals surface area contributed by atoms with E-state index in [0.717, 1.165) is 27.8 Å². The smallest absolute Gasteiger partial charge is 0.408 e. The molecule has 8 N–H and O–H groups in total. The summed E-state index contributed by atoms with van der Waals surface area (Å²) in [5.74, 6) is -1.35. The van der Waals surface area contributed by atoms with Crippen LogP contribution in [-0.4, -0.2) is 121 Å². The molecule has 5 aromatic carbocycles. The van der Waals surface area contributed by atoms with Crippen LogP contribution in [0.5, 0.6) is 5.75 Å². The second-order valence-corrected chi connectivity index (χ2v) is 17.5. The topological polar surface area (TPSA) is 222 Å². The molecule has 0 aliphatic carbocycles. The number of rotatable bonds is 20. The van der Waals surface area contributed by atoms with Crippen molar-refractivity contribution >= 4 is 41.5 Å². The van der Waals surface area contributed by atoms with Crippen molar-refractivity contribution in [2.45, 2.75) is 63.6 Å². The number of carboxylic acid groups (broad SMARTS) is 1. The summed E-state index contributed by atoms with van der Waals surface area (Å²) >= 11 is 6.90. The highest BCUT2D eigenvalue weighted by atomic mass is 35.5. The lowest BCUT2D eigenvalue weighted by molar-refractivity contribution is -0.142. The molecule has 370 valence electrons. The summed E-state index contributed by atoms with van der Waals surface area (Å²) in [5, 5.41) is 19.2. The largest absolute Gasteiger partial charge is 0.489 e. The molecule has 1 aliphatic heterocycles. The van der Waals surface area contributed by atoms with Crippen molar-refractivity contribution in [2.75, 3.05) is 52.9 Å². The van der Waals surface area contributed by atoms with Gasteiger partial charge in [0.2, 0.25) is 17.7 Å². The van der Waals surface area contributed by atoms with Crippen molar-refractivity contribution in [2.24, 2.45) is 11.5 Å². The first-order valence-corrected chi connectivity index (χ1v) is 23.8. The molecule has 0 fully saturated rings. The van der Waals surface area contributed by atoms with Crippen LogP contribution in [0, 0.1) is 0 Å².